The second-order valence-electron chi connectivity index (χ2n) is 6.02. The van der Waals surface area contributed by atoms with Crippen LogP contribution in [0.5, 0.6) is 5.75 Å². The maximum Gasteiger partial charge on any atom is 0.243 e. The molecule has 25 heavy (non-hydrogen) atoms. The molecule has 0 spiro atoms. The molecule has 2 aromatic rings. The second-order valence-corrected chi connectivity index (χ2v) is 6.45. The lowest BCUT2D eigenvalue weighted by molar-refractivity contribution is -0.115. The second kappa shape index (κ2) is 7.15. The molecule has 0 atom stereocenters. The van der Waals surface area contributed by atoms with Gasteiger partial charge in [-0.2, -0.15) is 0 Å². The summed E-state index contributed by atoms with van der Waals surface area (Å²) in [7, 11) is 0. The Morgan fingerprint density at radius 1 is 1.24 bits per heavy atom. The van der Waals surface area contributed by atoms with Crippen LogP contribution in [0.4, 0.5) is 11.4 Å². The van der Waals surface area contributed by atoms with Gasteiger partial charge in [-0.25, -0.2) is 0 Å². The Labute approximate surface area is 151 Å². The van der Waals surface area contributed by atoms with Crippen molar-refractivity contribution < 1.29 is 14.3 Å². The third-order valence-electron chi connectivity index (χ3n) is 4.13. The van der Waals surface area contributed by atoms with Crippen molar-refractivity contribution in [2.24, 2.45) is 0 Å². The van der Waals surface area contributed by atoms with E-state index in [0.717, 1.165) is 11.3 Å². The summed E-state index contributed by atoms with van der Waals surface area (Å²) in [6.45, 7) is 4.68. The Morgan fingerprint density at radius 3 is 2.80 bits per heavy atom. The lowest BCUT2D eigenvalue weighted by Gasteiger charge is -2.31. The number of rotatable bonds is 4. The highest BCUT2D eigenvalue weighted by atomic mass is 35.5. The molecule has 6 heteroatoms. The van der Waals surface area contributed by atoms with E-state index in [2.05, 4.69) is 5.32 Å². The first-order chi connectivity index (χ1) is 11.9. The fraction of sp³-hybridized carbons (Fsp3) is 0.263. The quantitative estimate of drug-likeness (QED) is 0.847. The standard InChI is InChI=1S/C19H19ClN2O3/c1-12-3-5-15(20)10-16(12)21-19(24)11-22-7-8-25-18-6-4-14(13(2)23)9-17(18)22/h3-6,9-10H,7-8,11H2,1-2H3,(H,21,24). The number of benzene rings is 2. The predicted molar refractivity (Wildman–Crippen MR) is 99.0 cm³/mol. The molecular formula is C19H19ClN2O3. The van der Waals surface area contributed by atoms with Gasteiger partial charge in [0.2, 0.25) is 5.91 Å². The minimum atomic E-state index is -0.147. The molecule has 3 rings (SSSR count). The van der Waals surface area contributed by atoms with E-state index in [9.17, 15) is 9.59 Å². The van der Waals surface area contributed by atoms with E-state index >= 15 is 0 Å². The van der Waals surface area contributed by atoms with E-state index in [-0.39, 0.29) is 18.2 Å². The summed E-state index contributed by atoms with van der Waals surface area (Å²) in [5, 5.41) is 3.47. The first-order valence-corrected chi connectivity index (χ1v) is 8.40. The molecular weight excluding hydrogens is 340 g/mol. The maximum atomic E-state index is 12.5. The average Bonchev–Trinajstić information content (AvgIpc) is 2.58. The number of fused-ring (bicyclic) bond motifs is 1. The number of carbonyl (C=O) groups excluding carboxylic acids is 2. The van der Waals surface area contributed by atoms with Gasteiger partial charge in [-0.3, -0.25) is 9.59 Å². The average molecular weight is 359 g/mol. The fourth-order valence-corrected chi connectivity index (χ4v) is 2.92. The van der Waals surface area contributed by atoms with Crippen LogP contribution in [-0.2, 0) is 4.79 Å². The zero-order valence-electron chi connectivity index (χ0n) is 14.1. The van der Waals surface area contributed by atoms with Crippen molar-refractivity contribution in [3.8, 4) is 5.75 Å². The monoisotopic (exact) mass is 358 g/mol. The summed E-state index contributed by atoms with van der Waals surface area (Å²) >= 11 is 6.00. The van der Waals surface area contributed by atoms with Crippen LogP contribution in [0.15, 0.2) is 36.4 Å². The highest BCUT2D eigenvalue weighted by Crippen LogP contribution is 2.32. The zero-order valence-corrected chi connectivity index (χ0v) is 14.9. The Bertz CT molecular complexity index is 835. The Balaban J connectivity index is 1.77. The molecule has 2 aromatic carbocycles. The number of amides is 1. The SMILES string of the molecule is CC(=O)c1ccc2c(c1)N(CC(=O)Nc1cc(Cl)ccc1C)CCO2. The molecule has 0 unspecified atom stereocenters. The Morgan fingerprint density at radius 2 is 2.04 bits per heavy atom. The molecule has 5 nitrogen and oxygen atoms in total. The lowest BCUT2D eigenvalue weighted by Crippen LogP contribution is -2.39. The number of aryl methyl sites for hydroxylation is 1. The van der Waals surface area contributed by atoms with Gasteiger partial charge in [0.15, 0.2) is 5.78 Å². The molecule has 0 radical (unpaired) electrons. The van der Waals surface area contributed by atoms with Gasteiger partial charge in [-0.05, 0) is 49.7 Å². The number of hydrogen-bond donors (Lipinski definition) is 1. The number of Topliss-reactive ketones (excluding diaryl/α,β-unsaturated/α-hetero) is 1. The number of nitrogens with one attached hydrogen (secondary N) is 1. The van der Waals surface area contributed by atoms with Crippen molar-refractivity contribution in [1.82, 2.24) is 0 Å². The molecule has 1 amide bonds. The molecule has 0 bridgehead atoms. The van der Waals surface area contributed by atoms with Crippen LogP contribution in [0.3, 0.4) is 0 Å². The summed E-state index contributed by atoms with van der Waals surface area (Å²) in [4.78, 5) is 26.0. The van der Waals surface area contributed by atoms with Gasteiger partial charge < -0.3 is 15.0 Å². The minimum Gasteiger partial charge on any atom is -0.490 e. The van der Waals surface area contributed by atoms with Crippen molar-refractivity contribution in [2.75, 3.05) is 29.9 Å². The van der Waals surface area contributed by atoms with E-state index in [0.29, 0.717) is 35.2 Å². The molecule has 0 aromatic heterocycles. The summed E-state index contributed by atoms with van der Waals surface area (Å²) in [6.07, 6.45) is 0. The highest BCUT2D eigenvalue weighted by Gasteiger charge is 2.21. The fourth-order valence-electron chi connectivity index (χ4n) is 2.75. The largest absolute Gasteiger partial charge is 0.490 e. The maximum absolute atomic E-state index is 12.5. The van der Waals surface area contributed by atoms with Crippen LogP contribution < -0.4 is 15.0 Å². The topological polar surface area (TPSA) is 58.6 Å². The minimum absolute atomic E-state index is 0.0210. The molecule has 0 fully saturated rings. The number of hydrogen-bond acceptors (Lipinski definition) is 4. The third-order valence-corrected chi connectivity index (χ3v) is 4.37. The lowest BCUT2D eigenvalue weighted by atomic mass is 10.1. The highest BCUT2D eigenvalue weighted by molar-refractivity contribution is 6.31. The number of ether oxygens (including phenoxy) is 1. The molecule has 0 aliphatic carbocycles. The molecule has 0 saturated carbocycles. The number of ketones is 1. The summed E-state index contributed by atoms with van der Waals surface area (Å²) in [5.41, 5.74) is 3.00. The molecule has 1 aliphatic rings. The number of anilines is 2. The van der Waals surface area contributed by atoms with Gasteiger partial charge in [0.1, 0.15) is 12.4 Å². The van der Waals surface area contributed by atoms with Crippen LogP contribution in [0.25, 0.3) is 0 Å². The van der Waals surface area contributed by atoms with Crippen LogP contribution in [-0.4, -0.2) is 31.4 Å². The van der Waals surface area contributed by atoms with E-state index in [1.54, 1.807) is 30.3 Å². The molecule has 1 heterocycles. The number of halogens is 1. The summed E-state index contributed by atoms with van der Waals surface area (Å²) in [5.74, 6) is 0.516. The first-order valence-electron chi connectivity index (χ1n) is 8.03. The zero-order chi connectivity index (χ0) is 18.0. The van der Waals surface area contributed by atoms with Crippen LogP contribution >= 0.6 is 11.6 Å². The molecule has 1 N–H and O–H groups in total. The normalized spacial score (nSPS) is 13.0. The van der Waals surface area contributed by atoms with E-state index < -0.39 is 0 Å². The number of nitrogens with zero attached hydrogens (tertiary/aromatic N) is 1. The van der Waals surface area contributed by atoms with Crippen LogP contribution in [0.1, 0.15) is 22.8 Å². The molecule has 1 aliphatic heterocycles. The van der Waals surface area contributed by atoms with Crippen molar-refractivity contribution in [3.63, 3.8) is 0 Å². The van der Waals surface area contributed by atoms with E-state index in [1.807, 2.05) is 17.9 Å². The van der Waals surface area contributed by atoms with Crippen molar-refractivity contribution in [3.05, 3.63) is 52.5 Å². The first kappa shape index (κ1) is 17.3. The van der Waals surface area contributed by atoms with Gasteiger partial charge in [0.25, 0.3) is 0 Å². The smallest absolute Gasteiger partial charge is 0.243 e. The molecule has 130 valence electrons. The van der Waals surface area contributed by atoms with Gasteiger partial charge >= 0.3 is 0 Å². The van der Waals surface area contributed by atoms with Gasteiger partial charge in [-0.1, -0.05) is 17.7 Å². The van der Waals surface area contributed by atoms with Crippen LogP contribution in [0, 0.1) is 6.92 Å². The van der Waals surface area contributed by atoms with Gasteiger partial charge in [-0.15, -0.1) is 0 Å². The predicted octanol–water partition coefficient (Wildman–Crippen LogP) is 3.69. The Kier molecular flexibility index (Phi) is 4.95. The van der Waals surface area contributed by atoms with Crippen LogP contribution in [0.2, 0.25) is 5.02 Å². The van der Waals surface area contributed by atoms with E-state index in [1.165, 1.54) is 6.92 Å². The van der Waals surface area contributed by atoms with Crippen molar-refractivity contribution >= 4 is 34.7 Å². The van der Waals surface area contributed by atoms with Crippen molar-refractivity contribution in [2.45, 2.75) is 13.8 Å². The van der Waals surface area contributed by atoms with E-state index in [4.69, 9.17) is 16.3 Å². The summed E-state index contributed by atoms with van der Waals surface area (Å²) < 4.78 is 5.62. The van der Waals surface area contributed by atoms with Crippen molar-refractivity contribution in [1.29, 1.82) is 0 Å². The third kappa shape index (κ3) is 3.94. The number of carbonyl (C=O) groups is 2. The molecule has 0 saturated heterocycles. The summed E-state index contributed by atoms with van der Waals surface area (Å²) in [6, 6.07) is 10.7. The Hall–Kier alpha value is -2.53. The van der Waals surface area contributed by atoms with Gasteiger partial charge in [0.05, 0.1) is 18.8 Å². The van der Waals surface area contributed by atoms with Gasteiger partial charge in [0, 0.05) is 16.3 Å².